The van der Waals surface area contributed by atoms with Crippen LogP contribution in [0.4, 0.5) is 5.69 Å². The van der Waals surface area contributed by atoms with E-state index < -0.39 is 0 Å². The fraction of sp³-hybridized carbons (Fsp3) is 0.429. The molecule has 4 rings (SSSR count). The molecule has 5 heteroatoms. The van der Waals surface area contributed by atoms with Gasteiger partial charge in [0.15, 0.2) is 0 Å². The molecule has 0 aromatic heterocycles. The number of aliphatic hydroxyl groups is 2. The molecule has 1 aliphatic heterocycles. The number of halogens is 1. The summed E-state index contributed by atoms with van der Waals surface area (Å²) in [6.07, 6.45) is 1.39. The number of piperazine rings is 1. The van der Waals surface area contributed by atoms with Crippen LogP contribution in [0.5, 0.6) is 0 Å². The molecule has 0 unspecified atom stereocenters. The summed E-state index contributed by atoms with van der Waals surface area (Å²) in [4.78, 5) is 4.81. The SMILES string of the molecule is OCc1ccccc1N1CCN([C@@H]2Cc3c(I)cccc3C[C@H]2O)CC1. The Kier molecular flexibility index (Phi) is 5.50. The molecule has 0 amide bonds. The number of benzene rings is 2. The van der Waals surface area contributed by atoms with Crippen molar-refractivity contribution in [3.05, 3.63) is 62.7 Å². The zero-order valence-corrected chi connectivity index (χ0v) is 17.0. The Morgan fingerprint density at radius 3 is 2.50 bits per heavy atom. The van der Waals surface area contributed by atoms with Crippen molar-refractivity contribution in [1.29, 1.82) is 0 Å². The second-order valence-corrected chi connectivity index (χ2v) is 8.39. The third kappa shape index (κ3) is 3.50. The van der Waals surface area contributed by atoms with E-state index in [1.165, 1.54) is 14.7 Å². The van der Waals surface area contributed by atoms with Gasteiger partial charge < -0.3 is 15.1 Å². The minimum Gasteiger partial charge on any atom is -0.392 e. The zero-order chi connectivity index (χ0) is 18.1. The fourth-order valence-corrected chi connectivity index (χ4v) is 5.12. The van der Waals surface area contributed by atoms with Crippen molar-refractivity contribution in [3.8, 4) is 0 Å². The summed E-state index contributed by atoms with van der Waals surface area (Å²) in [7, 11) is 0. The van der Waals surface area contributed by atoms with Crippen LogP contribution in [0.3, 0.4) is 0 Å². The lowest BCUT2D eigenvalue weighted by Gasteiger charge is -2.44. The summed E-state index contributed by atoms with van der Waals surface area (Å²) < 4.78 is 1.31. The molecule has 2 aliphatic rings. The number of para-hydroxylation sites is 1. The Morgan fingerprint density at radius 2 is 1.73 bits per heavy atom. The topological polar surface area (TPSA) is 46.9 Å². The predicted molar refractivity (Wildman–Crippen MR) is 113 cm³/mol. The van der Waals surface area contributed by atoms with Crippen LogP contribution < -0.4 is 4.90 Å². The molecule has 26 heavy (non-hydrogen) atoms. The maximum atomic E-state index is 10.7. The molecular formula is C21H25IN2O2. The summed E-state index contributed by atoms with van der Waals surface area (Å²) in [5.41, 5.74) is 4.84. The molecule has 2 atom stereocenters. The third-order valence-corrected chi connectivity index (χ3v) is 6.80. The smallest absolute Gasteiger partial charge is 0.0739 e. The van der Waals surface area contributed by atoms with Crippen LogP contribution >= 0.6 is 22.6 Å². The molecule has 1 heterocycles. The van der Waals surface area contributed by atoms with Crippen LogP contribution in [0, 0.1) is 3.57 Å². The molecule has 138 valence electrons. The summed E-state index contributed by atoms with van der Waals surface area (Å²) in [6, 6.07) is 14.7. The van der Waals surface area contributed by atoms with Crippen molar-refractivity contribution in [3.63, 3.8) is 0 Å². The van der Waals surface area contributed by atoms with Gasteiger partial charge in [0.05, 0.1) is 12.7 Å². The zero-order valence-electron chi connectivity index (χ0n) is 14.8. The van der Waals surface area contributed by atoms with Gasteiger partial charge in [-0.15, -0.1) is 0 Å². The van der Waals surface area contributed by atoms with Gasteiger partial charge in [0.1, 0.15) is 0 Å². The number of fused-ring (bicyclic) bond motifs is 1. The molecule has 2 aromatic carbocycles. The van der Waals surface area contributed by atoms with Crippen LogP contribution in [0.25, 0.3) is 0 Å². The van der Waals surface area contributed by atoms with Crippen molar-refractivity contribution in [1.82, 2.24) is 4.90 Å². The highest BCUT2D eigenvalue weighted by molar-refractivity contribution is 14.1. The van der Waals surface area contributed by atoms with Gasteiger partial charge in [-0.2, -0.15) is 0 Å². The molecule has 1 fully saturated rings. The van der Waals surface area contributed by atoms with Crippen LogP contribution in [-0.2, 0) is 19.4 Å². The van der Waals surface area contributed by atoms with Crippen LogP contribution in [0.2, 0.25) is 0 Å². The summed E-state index contributed by atoms with van der Waals surface area (Å²) in [6.45, 7) is 3.82. The number of anilines is 1. The molecule has 2 aromatic rings. The first-order valence-electron chi connectivity index (χ1n) is 9.29. The Labute approximate surface area is 168 Å². The average molecular weight is 464 g/mol. The first kappa shape index (κ1) is 18.2. The van der Waals surface area contributed by atoms with E-state index in [1.807, 2.05) is 18.2 Å². The third-order valence-electron chi connectivity index (χ3n) is 5.79. The second-order valence-electron chi connectivity index (χ2n) is 7.23. The van der Waals surface area contributed by atoms with Gasteiger partial charge in [0, 0.05) is 53.5 Å². The second kappa shape index (κ2) is 7.84. The molecule has 0 radical (unpaired) electrons. The van der Waals surface area contributed by atoms with Crippen LogP contribution in [0.1, 0.15) is 16.7 Å². The minimum atomic E-state index is -0.294. The van der Waals surface area contributed by atoms with E-state index in [1.54, 1.807) is 0 Å². The maximum absolute atomic E-state index is 10.7. The largest absolute Gasteiger partial charge is 0.392 e. The van der Waals surface area contributed by atoms with E-state index in [-0.39, 0.29) is 18.8 Å². The van der Waals surface area contributed by atoms with Crippen molar-refractivity contribution >= 4 is 28.3 Å². The maximum Gasteiger partial charge on any atom is 0.0739 e. The monoisotopic (exact) mass is 464 g/mol. The van der Waals surface area contributed by atoms with Gasteiger partial charge in [-0.05, 0) is 52.3 Å². The molecule has 4 nitrogen and oxygen atoms in total. The van der Waals surface area contributed by atoms with Crippen LogP contribution in [-0.4, -0.2) is 53.4 Å². The van der Waals surface area contributed by atoms with Gasteiger partial charge in [0.2, 0.25) is 0 Å². The quantitative estimate of drug-likeness (QED) is 0.686. The molecule has 0 saturated carbocycles. The minimum absolute atomic E-state index is 0.0763. The summed E-state index contributed by atoms with van der Waals surface area (Å²) >= 11 is 2.42. The van der Waals surface area contributed by atoms with Gasteiger partial charge in [-0.3, -0.25) is 4.90 Å². The van der Waals surface area contributed by atoms with Gasteiger partial charge in [0.25, 0.3) is 0 Å². The Bertz CT molecular complexity index is 774. The number of hydrogen-bond donors (Lipinski definition) is 2. The normalized spacial score (nSPS) is 23.7. The van der Waals surface area contributed by atoms with Crippen molar-refractivity contribution in [2.45, 2.75) is 31.6 Å². The number of rotatable bonds is 3. The Balaban J connectivity index is 1.46. The predicted octanol–water partition coefficient (Wildman–Crippen LogP) is 2.43. The van der Waals surface area contributed by atoms with Crippen molar-refractivity contribution < 1.29 is 10.2 Å². The standard InChI is InChI=1S/C21H25IN2O2/c22-18-6-3-5-15-12-21(26)20(13-17(15)18)24-10-8-23(9-11-24)19-7-2-1-4-16(19)14-25/h1-7,20-21,25-26H,8-14H2/t20-,21-/m1/s1. The molecular weight excluding hydrogens is 439 g/mol. The number of aliphatic hydroxyl groups excluding tert-OH is 2. The highest BCUT2D eigenvalue weighted by Gasteiger charge is 2.34. The van der Waals surface area contributed by atoms with E-state index >= 15 is 0 Å². The van der Waals surface area contributed by atoms with Gasteiger partial charge in [-0.25, -0.2) is 0 Å². The molecule has 1 aliphatic carbocycles. The number of nitrogens with zero attached hydrogens (tertiary/aromatic N) is 2. The van der Waals surface area contributed by atoms with Crippen molar-refractivity contribution in [2.24, 2.45) is 0 Å². The average Bonchev–Trinajstić information content (AvgIpc) is 2.68. The summed E-state index contributed by atoms with van der Waals surface area (Å²) in [5.74, 6) is 0. The van der Waals surface area contributed by atoms with Gasteiger partial charge in [-0.1, -0.05) is 30.3 Å². The lowest BCUT2D eigenvalue weighted by atomic mass is 9.85. The van der Waals surface area contributed by atoms with Crippen LogP contribution in [0.15, 0.2) is 42.5 Å². The Hall–Kier alpha value is -1.15. The van der Waals surface area contributed by atoms with Gasteiger partial charge >= 0.3 is 0 Å². The molecule has 2 N–H and O–H groups in total. The fourth-order valence-electron chi connectivity index (χ4n) is 4.35. The lowest BCUT2D eigenvalue weighted by Crippen LogP contribution is -2.56. The highest BCUT2D eigenvalue weighted by Crippen LogP contribution is 2.30. The highest BCUT2D eigenvalue weighted by atomic mass is 127. The molecule has 0 bridgehead atoms. The lowest BCUT2D eigenvalue weighted by molar-refractivity contribution is 0.0393. The first-order chi connectivity index (χ1) is 12.7. The molecule has 1 saturated heterocycles. The first-order valence-corrected chi connectivity index (χ1v) is 10.4. The summed E-state index contributed by atoms with van der Waals surface area (Å²) in [5, 5.41) is 20.3. The van der Waals surface area contributed by atoms with E-state index in [0.29, 0.717) is 0 Å². The Morgan fingerprint density at radius 1 is 0.962 bits per heavy atom. The van der Waals surface area contributed by atoms with Crippen molar-refractivity contribution in [2.75, 3.05) is 31.1 Å². The van der Waals surface area contributed by atoms with E-state index in [9.17, 15) is 10.2 Å². The van der Waals surface area contributed by atoms with E-state index in [4.69, 9.17) is 0 Å². The van der Waals surface area contributed by atoms with E-state index in [0.717, 1.165) is 50.3 Å². The number of hydrogen-bond acceptors (Lipinski definition) is 4. The van der Waals surface area contributed by atoms with E-state index in [2.05, 4.69) is 56.7 Å². The molecule has 0 spiro atoms.